The molecule has 1 aromatic carbocycles. The van der Waals surface area contributed by atoms with Crippen LogP contribution in [-0.2, 0) is 4.79 Å². The first kappa shape index (κ1) is 15.5. The molecule has 2 rings (SSSR count). The molecule has 3 N–H and O–H groups in total. The Morgan fingerprint density at radius 3 is 2.52 bits per heavy atom. The first-order chi connectivity index (χ1) is 10.1. The van der Waals surface area contributed by atoms with Gasteiger partial charge in [0, 0.05) is 18.0 Å². The summed E-state index contributed by atoms with van der Waals surface area (Å²) in [5.74, 6) is -0.345. The highest BCUT2D eigenvalue weighted by atomic mass is 16.3. The molecular formula is C16H22N2O3. The minimum atomic E-state index is -0.313. The fourth-order valence-corrected chi connectivity index (χ4v) is 2.53. The maximum absolute atomic E-state index is 11.8. The Morgan fingerprint density at radius 2 is 1.90 bits per heavy atom. The standard InChI is InChI=1S/C16H22N2O3/c1-11-5-7-12(8-6-11)16(21)18-10-15(20)17-9-13-3-2-4-14(13)19/h5-8,13-14,19H,2-4,9-10H2,1H3,(H,17,20)(H,18,21). The fourth-order valence-electron chi connectivity index (χ4n) is 2.53. The van der Waals surface area contributed by atoms with E-state index in [1.807, 2.05) is 19.1 Å². The lowest BCUT2D eigenvalue weighted by atomic mass is 10.1. The predicted molar refractivity (Wildman–Crippen MR) is 79.9 cm³/mol. The third kappa shape index (κ3) is 4.56. The van der Waals surface area contributed by atoms with Crippen molar-refractivity contribution in [3.05, 3.63) is 35.4 Å². The zero-order valence-corrected chi connectivity index (χ0v) is 12.3. The van der Waals surface area contributed by atoms with Crippen molar-refractivity contribution >= 4 is 11.8 Å². The van der Waals surface area contributed by atoms with Gasteiger partial charge in [0.05, 0.1) is 12.6 Å². The predicted octanol–water partition coefficient (Wildman–Crippen LogP) is 1.00. The Hall–Kier alpha value is -1.88. The van der Waals surface area contributed by atoms with Crippen LogP contribution in [0.1, 0.15) is 35.2 Å². The van der Waals surface area contributed by atoms with Crippen molar-refractivity contribution in [3.63, 3.8) is 0 Å². The van der Waals surface area contributed by atoms with Crippen LogP contribution in [0.5, 0.6) is 0 Å². The average Bonchev–Trinajstić information content (AvgIpc) is 2.88. The van der Waals surface area contributed by atoms with Gasteiger partial charge in [0.2, 0.25) is 5.91 Å². The van der Waals surface area contributed by atoms with Crippen molar-refractivity contribution in [2.75, 3.05) is 13.1 Å². The fraction of sp³-hybridized carbons (Fsp3) is 0.500. The van der Waals surface area contributed by atoms with E-state index in [1.54, 1.807) is 12.1 Å². The molecule has 5 heteroatoms. The summed E-state index contributed by atoms with van der Waals surface area (Å²) in [6, 6.07) is 7.18. The van der Waals surface area contributed by atoms with Gasteiger partial charge in [0.1, 0.15) is 0 Å². The van der Waals surface area contributed by atoms with Gasteiger partial charge in [-0.25, -0.2) is 0 Å². The molecule has 0 saturated heterocycles. The van der Waals surface area contributed by atoms with E-state index in [0.29, 0.717) is 12.1 Å². The van der Waals surface area contributed by atoms with Crippen LogP contribution in [0, 0.1) is 12.8 Å². The summed E-state index contributed by atoms with van der Waals surface area (Å²) in [6.07, 6.45) is 2.45. The van der Waals surface area contributed by atoms with Crippen molar-refractivity contribution in [1.29, 1.82) is 0 Å². The number of aryl methyl sites for hydroxylation is 1. The van der Waals surface area contributed by atoms with Gasteiger partial charge in [-0.15, -0.1) is 0 Å². The lowest BCUT2D eigenvalue weighted by Gasteiger charge is -2.15. The SMILES string of the molecule is Cc1ccc(C(=O)NCC(=O)NCC2CCCC2O)cc1. The monoisotopic (exact) mass is 290 g/mol. The molecule has 1 aliphatic carbocycles. The molecule has 0 spiro atoms. The number of nitrogens with one attached hydrogen (secondary N) is 2. The van der Waals surface area contributed by atoms with Crippen LogP contribution in [0.3, 0.4) is 0 Å². The molecule has 2 amide bonds. The molecule has 0 bridgehead atoms. The number of aliphatic hydroxyl groups is 1. The largest absolute Gasteiger partial charge is 0.393 e. The van der Waals surface area contributed by atoms with Crippen LogP contribution in [0.2, 0.25) is 0 Å². The number of aliphatic hydroxyl groups excluding tert-OH is 1. The Morgan fingerprint density at radius 1 is 1.19 bits per heavy atom. The van der Waals surface area contributed by atoms with Crippen LogP contribution >= 0.6 is 0 Å². The molecule has 1 aromatic rings. The quantitative estimate of drug-likeness (QED) is 0.757. The molecule has 5 nitrogen and oxygen atoms in total. The third-order valence-corrected chi connectivity index (χ3v) is 3.90. The van der Waals surface area contributed by atoms with Crippen molar-refractivity contribution in [2.24, 2.45) is 5.92 Å². The van der Waals surface area contributed by atoms with Crippen molar-refractivity contribution in [2.45, 2.75) is 32.3 Å². The van der Waals surface area contributed by atoms with Crippen LogP contribution in [0.25, 0.3) is 0 Å². The van der Waals surface area contributed by atoms with Gasteiger partial charge < -0.3 is 15.7 Å². The summed E-state index contributed by atoms with van der Waals surface area (Å²) in [4.78, 5) is 23.5. The minimum absolute atomic E-state index is 0.0461. The van der Waals surface area contributed by atoms with E-state index in [9.17, 15) is 14.7 Å². The maximum Gasteiger partial charge on any atom is 0.251 e. The van der Waals surface area contributed by atoms with E-state index < -0.39 is 0 Å². The summed E-state index contributed by atoms with van der Waals surface area (Å²) in [5, 5.41) is 15.0. The number of amides is 2. The number of rotatable bonds is 5. The van der Waals surface area contributed by atoms with E-state index in [0.717, 1.165) is 24.8 Å². The molecule has 2 unspecified atom stereocenters. The van der Waals surface area contributed by atoms with Gasteiger partial charge in [-0.1, -0.05) is 24.1 Å². The lowest BCUT2D eigenvalue weighted by Crippen LogP contribution is -2.40. The smallest absolute Gasteiger partial charge is 0.251 e. The molecular weight excluding hydrogens is 268 g/mol. The second-order valence-corrected chi connectivity index (χ2v) is 5.61. The van der Waals surface area contributed by atoms with Crippen molar-refractivity contribution in [1.82, 2.24) is 10.6 Å². The summed E-state index contributed by atoms with van der Waals surface area (Å²) in [7, 11) is 0. The Kier molecular flexibility index (Phi) is 5.33. The number of hydrogen-bond acceptors (Lipinski definition) is 3. The van der Waals surface area contributed by atoms with Gasteiger partial charge in [-0.05, 0) is 31.9 Å². The van der Waals surface area contributed by atoms with Crippen LogP contribution < -0.4 is 10.6 Å². The lowest BCUT2D eigenvalue weighted by molar-refractivity contribution is -0.120. The van der Waals surface area contributed by atoms with E-state index in [2.05, 4.69) is 10.6 Å². The van der Waals surface area contributed by atoms with E-state index in [-0.39, 0.29) is 30.4 Å². The molecule has 1 aliphatic rings. The molecule has 1 fully saturated rings. The first-order valence-electron chi connectivity index (χ1n) is 7.36. The Bertz CT molecular complexity index is 499. The highest BCUT2D eigenvalue weighted by molar-refractivity contribution is 5.96. The number of benzene rings is 1. The van der Waals surface area contributed by atoms with Crippen molar-refractivity contribution < 1.29 is 14.7 Å². The summed E-state index contributed by atoms with van der Waals surface area (Å²) < 4.78 is 0. The molecule has 2 atom stereocenters. The van der Waals surface area contributed by atoms with Gasteiger partial charge in [-0.3, -0.25) is 9.59 Å². The molecule has 1 saturated carbocycles. The highest BCUT2D eigenvalue weighted by Crippen LogP contribution is 2.24. The Balaban J connectivity index is 1.71. The van der Waals surface area contributed by atoms with E-state index in [4.69, 9.17) is 0 Å². The molecule has 0 aliphatic heterocycles. The number of carbonyl (C=O) groups excluding carboxylic acids is 2. The zero-order chi connectivity index (χ0) is 15.2. The second-order valence-electron chi connectivity index (χ2n) is 5.61. The van der Waals surface area contributed by atoms with Crippen LogP contribution in [0.4, 0.5) is 0 Å². The number of hydrogen-bond donors (Lipinski definition) is 3. The summed E-state index contributed by atoms with van der Waals surface area (Å²) in [5.41, 5.74) is 1.62. The van der Waals surface area contributed by atoms with Gasteiger partial charge in [-0.2, -0.15) is 0 Å². The molecule has 0 heterocycles. The zero-order valence-electron chi connectivity index (χ0n) is 12.3. The third-order valence-electron chi connectivity index (χ3n) is 3.90. The molecule has 21 heavy (non-hydrogen) atoms. The topological polar surface area (TPSA) is 78.4 Å². The van der Waals surface area contributed by atoms with Gasteiger partial charge >= 0.3 is 0 Å². The normalized spacial score (nSPS) is 21.0. The average molecular weight is 290 g/mol. The van der Waals surface area contributed by atoms with Gasteiger partial charge in [0.15, 0.2) is 0 Å². The van der Waals surface area contributed by atoms with Gasteiger partial charge in [0.25, 0.3) is 5.91 Å². The first-order valence-corrected chi connectivity index (χ1v) is 7.36. The highest BCUT2D eigenvalue weighted by Gasteiger charge is 2.25. The van der Waals surface area contributed by atoms with E-state index >= 15 is 0 Å². The van der Waals surface area contributed by atoms with Crippen LogP contribution in [-0.4, -0.2) is 36.1 Å². The van der Waals surface area contributed by atoms with Crippen molar-refractivity contribution in [3.8, 4) is 0 Å². The van der Waals surface area contributed by atoms with E-state index in [1.165, 1.54) is 0 Å². The summed E-state index contributed by atoms with van der Waals surface area (Å²) in [6.45, 7) is 2.38. The molecule has 0 radical (unpaired) electrons. The van der Waals surface area contributed by atoms with Crippen LogP contribution in [0.15, 0.2) is 24.3 Å². The number of carbonyl (C=O) groups is 2. The summed E-state index contributed by atoms with van der Waals surface area (Å²) >= 11 is 0. The molecule has 114 valence electrons. The minimum Gasteiger partial charge on any atom is -0.393 e. The Labute approximate surface area is 124 Å². The second kappa shape index (κ2) is 7.22. The molecule has 0 aromatic heterocycles. The maximum atomic E-state index is 11.8.